The fourth-order valence-electron chi connectivity index (χ4n) is 1.74. The first-order chi connectivity index (χ1) is 9.97. The van der Waals surface area contributed by atoms with Crippen LogP contribution in [0.25, 0.3) is 0 Å². The van der Waals surface area contributed by atoms with Gasteiger partial charge in [0.1, 0.15) is 0 Å². The van der Waals surface area contributed by atoms with Crippen LogP contribution in [0.15, 0.2) is 18.2 Å². The molecule has 3 N–H and O–H groups in total. The van der Waals surface area contributed by atoms with E-state index < -0.39 is 6.10 Å². The first kappa shape index (κ1) is 17.3. The average Bonchev–Trinajstić information content (AvgIpc) is 2.46. The number of benzene rings is 1. The van der Waals surface area contributed by atoms with Crippen molar-refractivity contribution in [3.05, 3.63) is 23.8 Å². The molecule has 1 aromatic rings. The number of rotatable bonds is 8. The van der Waals surface area contributed by atoms with Gasteiger partial charge in [-0.1, -0.05) is 19.9 Å². The molecule has 1 atom stereocenters. The van der Waals surface area contributed by atoms with Crippen molar-refractivity contribution in [2.24, 2.45) is 11.7 Å². The van der Waals surface area contributed by atoms with Crippen LogP contribution in [-0.2, 0) is 11.3 Å². The van der Waals surface area contributed by atoms with Gasteiger partial charge in [0.2, 0.25) is 0 Å². The van der Waals surface area contributed by atoms with E-state index in [0.717, 1.165) is 5.56 Å². The van der Waals surface area contributed by atoms with E-state index in [9.17, 15) is 4.79 Å². The number of nitrogens with two attached hydrogens (primary N) is 1. The second-order valence-electron chi connectivity index (χ2n) is 5.32. The molecular weight excluding hydrogens is 268 g/mol. The van der Waals surface area contributed by atoms with Crippen LogP contribution in [0, 0.1) is 5.92 Å². The molecule has 0 saturated carbocycles. The highest BCUT2D eigenvalue weighted by molar-refractivity contribution is 5.80. The number of carbonyl (C=O) groups is 1. The molecule has 0 aromatic heterocycles. The van der Waals surface area contributed by atoms with Crippen LogP contribution >= 0.6 is 0 Å². The summed E-state index contributed by atoms with van der Waals surface area (Å²) in [5.74, 6) is 1.45. The number of carbonyl (C=O) groups excluding carboxylic acids is 1. The second-order valence-corrected chi connectivity index (χ2v) is 5.32. The zero-order valence-corrected chi connectivity index (χ0v) is 13.3. The number of hydrogen-bond acceptors (Lipinski definition) is 4. The first-order valence-electron chi connectivity index (χ1n) is 7.38. The van der Waals surface area contributed by atoms with Crippen LogP contribution in [0.1, 0.15) is 33.3 Å². The Bertz CT molecular complexity index is 461. The molecule has 5 nitrogen and oxygen atoms in total. The van der Waals surface area contributed by atoms with Gasteiger partial charge in [-0.2, -0.15) is 0 Å². The van der Waals surface area contributed by atoms with Crippen molar-refractivity contribution < 1.29 is 14.3 Å². The summed E-state index contributed by atoms with van der Waals surface area (Å²) in [7, 11) is 0. The number of nitrogens with one attached hydrogen (secondary N) is 1. The van der Waals surface area contributed by atoms with E-state index >= 15 is 0 Å². The highest BCUT2D eigenvalue weighted by Gasteiger charge is 2.17. The van der Waals surface area contributed by atoms with E-state index in [1.165, 1.54) is 0 Å². The Balaban J connectivity index is 2.74. The monoisotopic (exact) mass is 294 g/mol. The second kappa shape index (κ2) is 8.52. The summed E-state index contributed by atoms with van der Waals surface area (Å²) in [6.07, 6.45) is -0.577. The van der Waals surface area contributed by atoms with Gasteiger partial charge >= 0.3 is 0 Å². The molecule has 0 heterocycles. The first-order valence-corrected chi connectivity index (χ1v) is 7.38. The summed E-state index contributed by atoms with van der Waals surface area (Å²) in [5.41, 5.74) is 6.58. The maximum atomic E-state index is 11.9. The molecular formula is C16H26N2O3. The van der Waals surface area contributed by atoms with Gasteiger partial charge < -0.3 is 20.5 Å². The molecule has 5 heteroatoms. The van der Waals surface area contributed by atoms with Crippen molar-refractivity contribution in [2.45, 2.75) is 40.3 Å². The number of amides is 1. The Hall–Kier alpha value is -1.75. The van der Waals surface area contributed by atoms with Gasteiger partial charge in [0.05, 0.1) is 6.61 Å². The fourth-order valence-corrected chi connectivity index (χ4v) is 1.74. The third-order valence-electron chi connectivity index (χ3n) is 2.90. The Morgan fingerprint density at radius 1 is 1.29 bits per heavy atom. The third kappa shape index (κ3) is 5.63. The smallest absolute Gasteiger partial charge is 0.260 e. The van der Waals surface area contributed by atoms with E-state index in [1.54, 1.807) is 13.0 Å². The summed E-state index contributed by atoms with van der Waals surface area (Å²) in [5, 5.41) is 2.85. The molecule has 1 unspecified atom stereocenters. The summed E-state index contributed by atoms with van der Waals surface area (Å²) in [6, 6.07) is 5.51. The van der Waals surface area contributed by atoms with E-state index in [4.69, 9.17) is 15.2 Å². The quantitative estimate of drug-likeness (QED) is 0.770. The topological polar surface area (TPSA) is 73.6 Å². The Morgan fingerprint density at radius 3 is 2.57 bits per heavy atom. The number of ether oxygens (including phenoxy) is 2. The van der Waals surface area contributed by atoms with Crippen molar-refractivity contribution in [3.63, 3.8) is 0 Å². The van der Waals surface area contributed by atoms with Gasteiger partial charge in [-0.15, -0.1) is 0 Å². The molecule has 0 aliphatic rings. The highest BCUT2D eigenvalue weighted by atomic mass is 16.5. The van der Waals surface area contributed by atoms with Crippen LogP contribution < -0.4 is 20.5 Å². The van der Waals surface area contributed by atoms with Crippen LogP contribution in [-0.4, -0.2) is 25.2 Å². The minimum Gasteiger partial charge on any atom is -0.490 e. The molecule has 0 aliphatic heterocycles. The van der Waals surface area contributed by atoms with Crippen LogP contribution in [0.5, 0.6) is 11.5 Å². The fraction of sp³-hybridized carbons (Fsp3) is 0.562. The van der Waals surface area contributed by atoms with Crippen molar-refractivity contribution in [2.75, 3.05) is 13.2 Å². The van der Waals surface area contributed by atoms with Gasteiger partial charge in [0, 0.05) is 13.1 Å². The number of hydrogen-bond donors (Lipinski definition) is 2. The molecule has 1 amide bonds. The molecule has 0 bridgehead atoms. The van der Waals surface area contributed by atoms with E-state index in [1.807, 2.05) is 32.9 Å². The van der Waals surface area contributed by atoms with E-state index in [0.29, 0.717) is 37.1 Å². The SMILES string of the molecule is CCOc1cc(CN)ccc1OC(C)C(=O)NCC(C)C. The standard InChI is InChI=1S/C16H26N2O3/c1-5-20-15-8-13(9-17)6-7-14(15)21-12(4)16(19)18-10-11(2)3/h6-8,11-12H,5,9-10,17H2,1-4H3,(H,18,19). The minimum absolute atomic E-state index is 0.131. The predicted octanol–water partition coefficient (Wildman–Crippen LogP) is 2.08. The lowest BCUT2D eigenvalue weighted by molar-refractivity contribution is -0.127. The molecule has 0 aliphatic carbocycles. The Kier molecular flexibility index (Phi) is 7.02. The molecule has 1 rings (SSSR count). The summed E-state index contributed by atoms with van der Waals surface area (Å²) in [4.78, 5) is 11.9. The maximum absolute atomic E-state index is 11.9. The van der Waals surface area contributed by atoms with Crippen molar-refractivity contribution in [3.8, 4) is 11.5 Å². The lowest BCUT2D eigenvalue weighted by Crippen LogP contribution is -2.38. The maximum Gasteiger partial charge on any atom is 0.260 e. The van der Waals surface area contributed by atoms with Crippen molar-refractivity contribution >= 4 is 5.91 Å². The van der Waals surface area contributed by atoms with Crippen LogP contribution in [0.2, 0.25) is 0 Å². The molecule has 0 radical (unpaired) electrons. The van der Waals surface area contributed by atoms with Crippen LogP contribution in [0.3, 0.4) is 0 Å². The molecule has 1 aromatic carbocycles. The van der Waals surface area contributed by atoms with Crippen LogP contribution in [0.4, 0.5) is 0 Å². The third-order valence-corrected chi connectivity index (χ3v) is 2.90. The highest BCUT2D eigenvalue weighted by Crippen LogP contribution is 2.29. The lowest BCUT2D eigenvalue weighted by Gasteiger charge is -2.18. The summed E-state index contributed by atoms with van der Waals surface area (Å²) in [6.45, 7) is 9.31. The normalized spacial score (nSPS) is 12.1. The van der Waals surface area contributed by atoms with Crippen molar-refractivity contribution in [1.29, 1.82) is 0 Å². The van der Waals surface area contributed by atoms with E-state index in [2.05, 4.69) is 5.32 Å². The zero-order chi connectivity index (χ0) is 15.8. The molecule has 0 saturated heterocycles. The molecule has 0 fully saturated rings. The largest absolute Gasteiger partial charge is 0.490 e. The minimum atomic E-state index is -0.577. The Morgan fingerprint density at radius 2 is 2.00 bits per heavy atom. The molecule has 0 spiro atoms. The van der Waals surface area contributed by atoms with Gasteiger partial charge in [-0.05, 0) is 37.5 Å². The average molecular weight is 294 g/mol. The molecule has 21 heavy (non-hydrogen) atoms. The van der Waals surface area contributed by atoms with E-state index in [-0.39, 0.29) is 5.91 Å². The van der Waals surface area contributed by atoms with Gasteiger partial charge in [0.25, 0.3) is 5.91 Å². The lowest BCUT2D eigenvalue weighted by atomic mass is 10.2. The zero-order valence-electron chi connectivity index (χ0n) is 13.3. The van der Waals surface area contributed by atoms with Gasteiger partial charge in [0.15, 0.2) is 17.6 Å². The predicted molar refractivity (Wildman–Crippen MR) is 83.4 cm³/mol. The van der Waals surface area contributed by atoms with Gasteiger partial charge in [-0.3, -0.25) is 4.79 Å². The van der Waals surface area contributed by atoms with Crippen molar-refractivity contribution in [1.82, 2.24) is 5.32 Å². The van der Waals surface area contributed by atoms with Gasteiger partial charge in [-0.25, -0.2) is 0 Å². The molecule has 118 valence electrons. The Labute approximate surface area is 126 Å². The summed E-state index contributed by atoms with van der Waals surface area (Å²) >= 11 is 0. The summed E-state index contributed by atoms with van der Waals surface area (Å²) < 4.78 is 11.3.